The lowest BCUT2D eigenvalue weighted by atomic mass is 9.71. The molecule has 0 aromatic heterocycles. The summed E-state index contributed by atoms with van der Waals surface area (Å²) in [6.45, 7) is 0. The first-order valence-corrected chi connectivity index (χ1v) is 12.5. The van der Waals surface area contributed by atoms with Gasteiger partial charge in [-0.1, -0.05) is 143 Å². The van der Waals surface area contributed by atoms with Gasteiger partial charge >= 0.3 is 0 Å². The average molecular weight is 453 g/mol. The molecule has 4 heteroatoms. The van der Waals surface area contributed by atoms with Gasteiger partial charge < -0.3 is 0 Å². The van der Waals surface area contributed by atoms with E-state index in [4.69, 9.17) is 0 Å². The van der Waals surface area contributed by atoms with Crippen LogP contribution >= 0.6 is 21.6 Å². The molecule has 0 radical (unpaired) electrons. The zero-order valence-corrected chi connectivity index (χ0v) is 18.8. The summed E-state index contributed by atoms with van der Waals surface area (Å²) in [7, 11) is 2.96. The predicted molar refractivity (Wildman–Crippen MR) is 133 cm³/mol. The smallest absolute Gasteiger partial charge is 0.186 e. The molecule has 1 fully saturated rings. The summed E-state index contributed by atoms with van der Waals surface area (Å²) in [5, 5.41) is 0. The Bertz CT molecular complexity index is 1140. The summed E-state index contributed by atoms with van der Waals surface area (Å²) in [6.07, 6.45) is 0. The van der Waals surface area contributed by atoms with Crippen LogP contribution in [-0.2, 0) is 9.49 Å². The lowest BCUT2D eigenvalue weighted by molar-refractivity contribution is 0.0820. The van der Waals surface area contributed by atoms with E-state index in [1.165, 1.54) is 21.6 Å². The summed E-state index contributed by atoms with van der Waals surface area (Å²) in [4.78, 5) is 28.6. The van der Waals surface area contributed by atoms with Crippen molar-refractivity contribution in [3.8, 4) is 0 Å². The van der Waals surface area contributed by atoms with Crippen LogP contribution in [0.3, 0.4) is 0 Å². The minimum absolute atomic E-state index is 0.0545. The van der Waals surface area contributed by atoms with Crippen LogP contribution in [0, 0.1) is 0 Å². The van der Waals surface area contributed by atoms with Gasteiger partial charge in [-0.25, -0.2) is 0 Å². The van der Waals surface area contributed by atoms with E-state index in [-0.39, 0.29) is 11.6 Å². The molecule has 5 rings (SSSR count). The molecule has 1 saturated heterocycles. The minimum Gasteiger partial charge on any atom is -0.292 e. The molecule has 1 aliphatic rings. The fourth-order valence-corrected chi connectivity index (χ4v) is 8.27. The van der Waals surface area contributed by atoms with E-state index in [1.807, 2.05) is 121 Å². The highest BCUT2D eigenvalue weighted by Gasteiger charge is 2.71. The summed E-state index contributed by atoms with van der Waals surface area (Å²) in [6, 6.07) is 38.0. The fraction of sp³-hybridized carbons (Fsp3) is 0.0714. The molecule has 2 nitrogen and oxygen atoms in total. The number of Topliss-reactive ketones (excluding diaryl/α,β-unsaturated/α-hetero) is 2. The lowest BCUT2D eigenvalue weighted by Crippen LogP contribution is -2.59. The normalized spacial score (nSPS) is 22.0. The van der Waals surface area contributed by atoms with Crippen molar-refractivity contribution in [3.05, 3.63) is 144 Å². The molecular formula is C28H20O2S2. The molecule has 4 aromatic rings. The lowest BCUT2D eigenvalue weighted by Gasteiger charge is -2.55. The van der Waals surface area contributed by atoms with Gasteiger partial charge in [-0.15, -0.1) is 0 Å². The first-order chi connectivity index (χ1) is 15.7. The van der Waals surface area contributed by atoms with Crippen molar-refractivity contribution in [1.82, 2.24) is 0 Å². The van der Waals surface area contributed by atoms with Crippen molar-refractivity contribution in [1.29, 1.82) is 0 Å². The van der Waals surface area contributed by atoms with Gasteiger partial charge in [0.25, 0.3) is 0 Å². The van der Waals surface area contributed by atoms with E-state index < -0.39 is 9.49 Å². The van der Waals surface area contributed by atoms with Gasteiger partial charge in [-0.2, -0.15) is 0 Å². The maximum atomic E-state index is 14.3. The third-order valence-corrected chi connectivity index (χ3v) is 9.78. The molecule has 1 heterocycles. The van der Waals surface area contributed by atoms with Crippen molar-refractivity contribution in [2.75, 3.05) is 0 Å². The maximum Gasteiger partial charge on any atom is 0.186 e. The molecule has 0 saturated carbocycles. The van der Waals surface area contributed by atoms with Gasteiger partial charge in [0.15, 0.2) is 11.6 Å². The Labute approximate surface area is 195 Å². The Hall–Kier alpha value is -3.08. The molecule has 4 aromatic carbocycles. The predicted octanol–water partition coefficient (Wildman–Crippen LogP) is 6.94. The van der Waals surface area contributed by atoms with Crippen molar-refractivity contribution in [2.24, 2.45) is 0 Å². The average Bonchev–Trinajstić information content (AvgIpc) is 2.86. The number of ketones is 2. The van der Waals surface area contributed by atoms with Crippen molar-refractivity contribution in [3.63, 3.8) is 0 Å². The van der Waals surface area contributed by atoms with Crippen molar-refractivity contribution >= 4 is 33.2 Å². The number of carbonyl (C=O) groups excluding carboxylic acids is 2. The number of rotatable bonds is 6. The third-order valence-electron chi connectivity index (χ3n) is 5.86. The second kappa shape index (κ2) is 8.45. The van der Waals surface area contributed by atoms with E-state index in [2.05, 4.69) is 0 Å². The quantitative estimate of drug-likeness (QED) is 0.234. The number of benzene rings is 4. The highest BCUT2D eigenvalue weighted by Crippen LogP contribution is 2.75. The van der Waals surface area contributed by atoms with Crippen LogP contribution < -0.4 is 0 Å². The summed E-state index contributed by atoms with van der Waals surface area (Å²) in [5.41, 5.74) is 2.88. The van der Waals surface area contributed by atoms with Crippen LogP contribution in [0.5, 0.6) is 0 Å². The van der Waals surface area contributed by atoms with E-state index in [9.17, 15) is 9.59 Å². The molecule has 32 heavy (non-hydrogen) atoms. The third kappa shape index (κ3) is 3.06. The van der Waals surface area contributed by atoms with E-state index in [0.717, 1.165) is 11.1 Å². The first kappa shape index (κ1) is 20.8. The number of hydrogen-bond donors (Lipinski definition) is 0. The minimum atomic E-state index is -1.09. The topological polar surface area (TPSA) is 34.1 Å². The van der Waals surface area contributed by atoms with Crippen LogP contribution in [0.1, 0.15) is 31.8 Å². The molecule has 0 unspecified atom stereocenters. The second-order valence-electron chi connectivity index (χ2n) is 7.65. The Kier molecular flexibility index (Phi) is 5.50. The molecule has 1 aliphatic heterocycles. The van der Waals surface area contributed by atoms with Crippen LogP contribution in [0.25, 0.3) is 0 Å². The Morgan fingerprint density at radius 1 is 0.438 bits per heavy atom. The highest BCUT2D eigenvalue weighted by atomic mass is 33.1. The maximum absolute atomic E-state index is 14.3. The molecule has 0 N–H and O–H groups in total. The van der Waals surface area contributed by atoms with E-state index >= 15 is 0 Å². The first-order valence-electron chi connectivity index (χ1n) is 10.4. The van der Waals surface area contributed by atoms with Crippen LogP contribution in [-0.4, -0.2) is 11.6 Å². The Morgan fingerprint density at radius 3 is 1.00 bits per heavy atom. The van der Waals surface area contributed by atoms with Gasteiger partial charge in [0.1, 0.15) is 9.49 Å². The SMILES string of the molecule is O=C(c1ccccc1)[C@@]1(c2ccccc2)SS[C@@]1(C(=O)c1ccccc1)c1ccccc1. The zero-order valence-electron chi connectivity index (χ0n) is 17.2. The van der Waals surface area contributed by atoms with Gasteiger partial charge in [0.2, 0.25) is 0 Å². The molecule has 0 bridgehead atoms. The van der Waals surface area contributed by atoms with Gasteiger partial charge in [-0.05, 0) is 11.1 Å². The van der Waals surface area contributed by atoms with E-state index in [0.29, 0.717) is 11.1 Å². The number of hydrogen-bond acceptors (Lipinski definition) is 4. The summed E-state index contributed by atoms with van der Waals surface area (Å²) < 4.78 is -2.18. The molecule has 0 spiro atoms. The standard InChI is InChI=1S/C28H20O2S2/c29-25(21-13-5-1-6-14-21)27(23-17-9-3-10-18-23)28(32-31-27,24-19-11-4-12-20-24)26(30)22-15-7-2-8-16-22/h1-20H/t27-,28-/m1/s1. The van der Waals surface area contributed by atoms with Crippen LogP contribution in [0.15, 0.2) is 121 Å². The van der Waals surface area contributed by atoms with Gasteiger partial charge in [0, 0.05) is 11.1 Å². The van der Waals surface area contributed by atoms with Crippen LogP contribution in [0.2, 0.25) is 0 Å². The monoisotopic (exact) mass is 452 g/mol. The Morgan fingerprint density at radius 2 is 0.719 bits per heavy atom. The summed E-state index contributed by atoms with van der Waals surface area (Å²) in [5.74, 6) is -0.109. The van der Waals surface area contributed by atoms with Crippen molar-refractivity contribution in [2.45, 2.75) is 9.49 Å². The molecule has 0 amide bonds. The van der Waals surface area contributed by atoms with Gasteiger partial charge in [-0.3, -0.25) is 9.59 Å². The van der Waals surface area contributed by atoms with Gasteiger partial charge in [0.05, 0.1) is 0 Å². The van der Waals surface area contributed by atoms with E-state index in [1.54, 1.807) is 0 Å². The zero-order chi connectivity index (χ0) is 22.0. The van der Waals surface area contributed by atoms with Crippen molar-refractivity contribution < 1.29 is 9.59 Å². The molecule has 156 valence electrons. The number of carbonyl (C=O) groups is 2. The highest BCUT2D eigenvalue weighted by molar-refractivity contribution is 8.80. The fourth-order valence-electron chi connectivity index (χ4n) is 4.30. The Balaban J connectivity index is 1.81. The second-order valence-corrected chi connectivity index (χ2v) is 10.2. The molecule has 0 aliphatic carbocycles. The molecular weight excluding hydrogens is 432 g/mol. The van der Waals surface area contributed by atoms with Crippen LogP contribution in [0.4, 0.5) is 0 Å². The molecule has 2 atom stereocenters. The summed E-state index contributed by atoms with van der Waals surface area (Å²) >= 11 is 0. The largest absolute Gasteiger partial charge is 0.292 e.